The Balaban J connectivity index is 1.97. The summed E-state index contributed by atoms with van der Waals surface area (Å²) >= 11 is 0. The van der Waals surface area contributed by atoms with Crippen molar-refractivity contribution in [1.29, 1.82) is 0 Å². The van der Waals surface area contributed by atoms with Gasteiger partial charge in [-0.05, 0) is 37.7 Å². The van der Waals surface area contributed by atoms with Crippen molar-refractivity contribution in [3.05, 3.63) is 23.3 Å². The lowest BCUT2D eigenvalue weighted by atomic mass is 9.83. The zero-order valence-corrected chi connectivity index (χ0v) is 9.72. The average molecular weight is 232 g/mol. The number of aryl methyl sites for hydroxylation is 1. The van der Waals surface area contributed by atoms with Crippen molar-refractivity contribution in [2.24, 2.45) is 0 Å². The number of aromatic nitrogens is 2. The SMILES string of the molecule is O=C(O)C1CCCc2cnc(C3CCC3)nc21. The van der Waals surface area contributed by atoms with E-state index in [-0.39, 0.29) is 0 Å². The Morgan fingerprint density at radius 2 is 2.12 bits per heavy atom. The highest BCUT2D eigenvalue weighted by Gasteiger charge is 2.30. The number of fused-ring (bicyclic) bond motifs is 1. The van der Waals surface area contributed by atoms with E-state index in [2.05, 4.69) is 9.97 Å². The second-order valence-electron chi connectivity index (χ2n) is 5.05. The standard InChI is InChI=1S/C13H16N2O2/c16-13(17)10-6-2-5-9-7-14-12(15-11(9)10)8-3-1-4-8/h7-8,10H,1-6H2,(H,16,17). The van der Waals surface area contributed by atoms with Gasteiger partial charge in [-0.1, -0.05) is 6.42 Å². The van der Waals surface area contributed by atoms with Crippen LogP contribution in [0.4, 0.5) is 0 Å². The lowest BCUT2D eigenvalue weighted by molar-refractivity contribution is -0.139. The molecule has 2 aliphatic rings. The summed E-state index contributed by atoms with van der Waals surface area (Å²) in [6.45, 7) is 0. The van der Waals surface area contributed by atoms with E-state index in [4.69, 9.17) is 0 Å². The van der Waals surface area contributed by atoms with Crippen LogP contribution >= 0.6 is 0 Å². The summed E-state index contributed by atoms with van der Waals surface area (Å²) in [5.41, 5.74) is 1.81. The van der Waals surface area contributed by atoms with Gasteiger partial charge in [-0.3, -0.25) is 4.79 Å². The minimum absolute atomic E-state index is 0.416. The maximum atomic E-state index is 11.2. The summed E-state index contributed by atoms with van der Waals surface area (Å²) in [7, 11) is 0. The smallest absolute Gasteiger partial charge is 0.312 e. The summed E-state index contributed by atoms with van der Waals surface area (Å²) in [6.07, 6.45) is 7.95. The first-order valence-corrected chi connectivity index (χ1v) is 6.34. The topological polar surface area (TPSA) is 63.1 Å². The van der Waals surface area contributed by atoms with Gasteiger partial charge in [-0.15, -0.1) is 0 Å². The molecule has 4 heteroatoms. The molecule has 1 atom stereocenters. The van der Waals surface area contributed by atoms with Crippen LogP contribution in [0.3, 0.4) is 0 Å². The molecule has 1 N–H and O–H groups in total. The van der Waals surface area contributed by atoms with E-state index in [0.29, 0.717) is 12.3 Å². The van der Waals surface area contributed by atoms with E-state index in [0.717, 1.165) is 42.8 Å². The minimum Gasteiger partial charge on any atom is -0.481 e. The molecule has 1 heterocycles. The predicted octanol–water partition coefficient (Wildman–Crippen LogP) is 2.25. The fourth-order valence-electron chi connectivity index (χ4n) is 2.67. The Kier molecular flexibility index (Phi) is 2.57. The highest BCUT2D eigenvalue weighted by Crippen LogP contribution is 2.36. The van der Waals surface area contributed by atoms with Gasteiger partial charge in [0.1, 0.15) is 5.82 Å². The fraction of sp³-hybridized carbons (Fsp3) is 0.615. The van der Waals surface area contributed by atoms with Gasteiger partial charge < -0.3 is 5.11 Å². The molecular formula is C13H16N2O2. The maximum absolute atomic E-state index is 11.2. The summed E-state index contributed by atoms with van der Waals surface area (Å²) in [5.74, 6) is 0.171. The molecular weight excluding hydrogens is 216 g/mol. The third kappa shape index (κ3) is 1.81. The highest BCUT2D eigenvalue weighted by molar-refractivity contribution is 5.76. The van der Waals surface area contributed by atoms with Gasteiger partial charge in [-0.25, -0.2) is 9.97 Å². The largest absolute Gasteiger partial charge is 0.481 e. The van der Waals surface area contributed by atoms with Crippen LogP contribution in [0.25, 0.3) is 0 Å². The molecule has 1 unspecified atom stereocenters. The first kappa shape index (κ1) is 10.7. The van der Waals surface area contributed by atoms with Crippen molar-refractivity contribution >= 4 is 5.97 Å². The number of carboxylic acid groups (broad SMARTS) is 1. The molecule has 0 spiro atoms. The minimum atomic E-state index is -0.746. The Hall–Kier alpha value is -1.45. The van der Waals surface area contributed by atoms with Gasteiger partial charge in [0.2, 0.25) is 0 Å². The maximum Gasteiger partial charge on any atom is 0.312 e. The zero-order chi connectivity index (χ0) is 11.8. The molecule has 2 aliphatic carbocycles. The average Bonchev–Trinajstić information content (AvgIpc) is 2.25. The lowest BCUT2D eigenvalue weighted by Gasteiger charge is -2.27. The van der Waals surface area contributed by atoms with E-state index in [1.54, 1.807) is 0 Å². The molecule has 1 saturated carbocycles. The van der Waals surface area contributed by atoms with Crippen LogP contribution in [0, 0.1) is 0 Å². The molecule has 1 aromatic heterocycles. The summed E-state index contributed by atoms with van der Waals surface area (Å²) < 4.78 is 0. The van der Waals surface area contributed by atoms with Crippen LogP contribution < -0.4 is 0 Å². The molecule has 0 amide bonds. The molecule has 4 nitrogen and oxygen atoms in total. The summed E-state index contributed by atoms with van der Waals surface area (Å²) in [5, 5.41) is 9.23. The van der Waals surface area contributed by atoms with Gasteiger partial charge in [-0.2, -0.15) is 0 Å². The van der Waals surface area contributed by atoms with Gasteiger partial charge in [0.25, 0.3) is 0 Å². The van der Waals surface area contributed by atoms with E-state index < -0.39 is 11.9 Å². The van der Waals surface area contributed by atoms with Crippen LogP contribution in [-0.4, -0.2) is 21.0 Å². The Bertz CT molecular complexity index is 455. The van der Waals surface area contributed by atoms with Crippen LogP contribution in [0.5, 0.6) is 0 Å². The normalized spacial score (nSPS) is 23.9. The van der Waals surface area contributed by atoms with Crippen molar-refractivity contribution in [3.63, 3.8) is 0 Å². The molecule has 0 radical (unpaired) electrons. The van der Waals surface area contributed by atoms with Gasteiger partial charge in [0.15, 0.2) is 0 Å². The van der Waals surface area contributed by atoms with Crippen molar-refractivity contribution in [1.82, 2.24) is 9.97 Å². The predicted molar refractivity (Wildman–Crippen MR) is 61.9 cm³/mol. The molecule has 0 bridgehead atoms. The zero-order valence-electron chi connectivity index (χ0n) is 9.72. The Morgan fingerprint density at radius 1 is 1.29 bits per heavy atom. The number of carboxylic acids is 1. The molecule has 1 fully saturated rings. The first-order valence-electron chi connectivity index (χ1n) is 6.34. The van der Waals surface area contributed by atoms with Crippen molar-refractivity contribution in [3.8, 4) is 0 Å². The van der Waals surface area contributed by atoms with E-state index in [1.807, 2.05) is 6.20 Å². The van der Waals surface area contributed by atoms with Crippen LogP contribution in [-0.2, 0) is 11.2 Å². The lowest BCUT2D eigenvalue weighted by Crippen LogP contribution is -2.22. The van der Waals surface area contributed by atoms with Crippen LogP contribution in [0.2, 0.25) is 0 Å². The molecule has 17 heavy (non-hydrogen) atoms. The third-order valence-electron chi connectivity index (χ3n) is 3.95. The highest BCUT2D eigenvalue weighted by atomic mass is 16.4. The monoisotopic (exact) mass is 232 g/mol. The molecule has 3 rings (SSSR count). The van der Waals surface area contributed by atoms with Crippen molar-refractivity contribution in [2.45, 2.75) is 50.4 Å². The number of rotatable bonds is 2. The number of hydrogen-bond donors (Lipinski definition) is 1. The number of hydrogen-bond acceptors (Lipinski definition) is 3. The second-order valence-corrected chi connectivity index (χ2v) is 5.05. The van der Waals surface area contributed by atoms with Gasteiger partial charge in [0.05, 0.1) is 11.6 Å². The Labute approximate surface area is 100 Å². The van der Waals surface area contributed by atoms with Crippen molar-refractivity contribution in [2.75, 3.05) is 0 Å². The number of nitrogens with zero attached hydrogens (tertiary/aromatic N) is 2. The van der Waals surface area contributed by atoms with Gasteiger partial charge >= 0.3 is 5.97 Å². The number of carbonyl (C=O) groups is 1. The van der Waals surface area contributed by atoms with Crippen LogP contribution in [0.1, 0.15) is 61.0 Å². The first-order chi connectivity index (χ1) is 8.25. The van der Waals surface area contributed by atoms with E-state index in [9.17, 15) is 9.90 Å². The van der Waals surface area contributed by atoms with E-state index in [1.165, 1.54) is 6.42 Å². The molecule has 0 saturated heterocycles. The molecule has 0 aliphatic heterocycles. The van der Waals surface area contributed by atoms with Gasteiger partial charge in [0, 0.05) is 12.1 Å². The van der Waals surface area contributed by atoms with Crippen molar-refractivity contribution < 1.29 is 9.90 Å². The third-order valence-corrected chi connectivity index (χ3v) is 3.95. The molecule has 0 aromatic carbocycles. The quantitative estimate of drug-likeness (QED) is 0.849. The van der Waals surface area contributed by atoms with Crippen LogP contribution in [0.15, 0.2) is 6.20 Å². The second kappa shape index (κ2) is 4.09. The summed E-state index contributed by atoms with van der Waals surface area (Å²) in [6, 6.07) is 0. The molecule has 1 aromatic rings. The number of aliphatic carboxylic acids is 1. The fourth-order valence-corrected chi connectivity index (χ4v) is 2.67. The van der Waals surface area contributed by atoms with E-state index >= 15 is 0 Å². The molecule has 90 valence electrons. The Morgan fingerprint density at radius 3 is 2.76 bits per heavy atom. The summed E-state index contributed by atoms with van der Waals surface area (Å²) in [4.78, 5) is 20.2.